The van der Waals surface area contributed by atoms with Crippen LogP contribution < -0.4 is 0 Å². The van der Waals surface area contributed by atoms with Gasteiger partial charge in [-0.3, -0.25) is 10.1 Å². The first-order chi connectivity index (χ1) is 5.40. The summed E-state index contributed by atoms with van der Waals surface area (Å²) in [6.07, 6.45) is 4.61. The Hall–Kier alpha value is -1.38. The van der Waals surface area contributed by atoms with E-state index < -0.39 is 0 Å². The molecule has 0 aliphatic rings. The highest BCUT2D eigenvalue weighted by atomic mass is 15.1. The van der Waals surface area contributed by atoms with Crippen LogP contribution in [0.25, 0.3) is 10.9 Å². The van der Waals surface area contributed by atoms with E-state index in [1.54, 1.807) is 0 Å². The highest BCUT2D eigenvalue weighted by Gasteiger charge is 1.95. The quantitative estimate of drug-likeness (QED) is 0.664. The molecular formula is C8H9N3. The molecule has 0 spiro atoms. The first-order valence-electron chi connectivity index (χ1n) is 3.68. The fourth-order valence-electron chi connectivity index (χ4n) is 1.08. The van der Waals surface area contributed by atoms with Crippen molar-refractivity contribution in [2.45, 2.75) is 13.3 Å². The van der Waals surface area contributed by atoms with E-state index in [1.807, 2.05) is 12.4 Å². The highest BCUT2D eigenvalue weighted by Crippen LogP contribution is 2.09. The van der Waals surface area contributed by atoms with Gasteiger partial charge in [-0.05, 0) is 12.5 Å². The molecule has 2 aromatic rings. The molecule has 0 fully saturated rings. The molecule has 0 saturated heterocycles. The third-order valence-corrected chi connectivity index (χ3v) is 1.74. The fourth-order valence-corrected chi connectivity index (χ4v) is 1.08. The van der Waals surface area contributed by atoms with Gasteiger partial charge in [-0.1, -0.05) is 6.92 Å². The van der Waals surface area contributed by atoms with Gasteiger partial charge in [0.2, 0.25) is 0 Å². The van der Waals surface area contributed by atoms with Gasteiger partial charge in [0.1, 0.15) is 0 Å². The van der Waals surface area contributed by atoms with Crippen LogP contribution >= 0.6 is 0 Å². The summed E-state index contributed by atoms with van der Waals surface area (Å²) in [5, 5.41) is 7.91. The third kappa shape index (κ3) is 0.981. The minimum atomic E-state index is 0.973. The Bertz CT molecular complexity index is 364. The Morgan fingerprint density at radius 2 is 2.36 bits per heavy atom. The smallest absolute Gasteiger partial charge is 0.0833 e. The second-order valence-corrected chi connectivity index (χ2v) is 2.49. The Morgan fingerprint density at radius 3 is 3.18 bits per heavy atom. The molecule has 0 saturated carbocycles. The maximum Gasteiger partial charge on any atom is 0.0833 e. The molecule has 2 aromatic heterocycles. The molecular weight excluding hydrogens is 138 g/mol. The second-order valence-electron chi connectivity index (χ2n) is 2.49. The molecule has 0 aliphatic heterocycles. The van der Waals surface area contributed by atoms with Gasteiger partial charge in [0.25, 0.3) is 0 Å². The zero-order valence-electron chi connectivity index (χ0n) is 6.33. The predicted molar refractivity (Wildman–Crippen MR) is 43.3 cm³/mol. The standard InChI is InChI=1S/C8H9N3/c1-2-7-3-6-4-10-11-8(6)5-9-7/h3-5H,2H2,1H3,(H,10,11). The summed E-state index contributed by atoms with van der Waals surface area (Å²) >= 11 is 0. The SMILES string of the molecule is CCc1cc2cn[nH]c2cn1. The lowest BCUT2D eigenvalue weighted by molar-refractivity contribution is 1.04. The third-order valence-electron chi connectivity index (χ3n) is 1.74. The van der Waals surface area contributed by atoms with Crippen LogP contribution in [0.5, 0.6) is 0 Å². The minimum Gasteiger partial charge on any atom is -0.276 e. The summed E-state index contributed by atoms with van der Waals surface area (Å²) in [6.45, 7) is 2.09. The lowest BCUT2D eigenvalue weighted by Gasteiger charge is -1.92. The lowest BCUT2D eigenvalue weighted by Crippen LogP contribution is -1.84. The van der Waals surface area contributed by atoms with Crippen LogP contribution in [-0.2, 0) is 6.42 Å². The number of nitrogens with zero attached hydrogens (tertiary/aromatic N) is 2. The van der Waals surface area contributed by atoms with E-state index in [0.29, 0.717) is 0 Å². The van der Waals surface area contributed by atoms with E-state index in [2.05, 4.69) is 28.2 Å². The average Bonchev–Trinajstić information content (AvgIpc) is 2.50. The summed E-state index contributed by atoms with van der Waals surface area (Å²) in [5.74, 6) is 0. The molecule has 0 radical (unpaired) electrons. The van der Waals surface area contributed by atoms with Crippen LogP contribution in [0.15, 0.2) is 18.5 Å². The summed E-state index contributed by atoms with van der Waals surface area (Å²) in [4.78, 5) is 4.23. The van der Waals surface area contributed by atoms with E-state index in [-0.39, 0.29) is 0 Å². The molecule has 0 amide bonds. The summed E-state index contributed by atoms with van der Waals surface area (Å²) in [6, 6.07) is 2.05. The van der Waals surface area contributed by atoms with Gasteiger partial charge < -0.3 is 0 Å². The van der Waals surface area contributed by atoms with E-state index in [4.69, 9.17) is 0 Å². The Morgan fingerprint density at radius 1 is 1.45 bits per heavy atom. The normalized spacial score (nSPS) is 10.6. The Kier molecular flexibility index (Phi) is 1.35. The average molecular weight is 147 g/mol. The molecule has 0 unspecified atom stereocenters. The van der Waals surface area contributed by atoms with Crippen LogP contribution in [0.4, 0.5) is 0 Å². The van der Waals surface area contributed by atoms with Gasteiger partial charge in [-0.2, -0.15) is 5.10 Å². The number of hydrogen-bond donors (Lipinski definition) is 1. The summed E-state index contributed by atoms with van der Waals surface area (Å²) in [5.41, 5.74) is 2.11. The topological polar surface area (TPSA) is 41.6 Å². The van der Waals surface area contributed by atoms with Gasteiger partial charge in [0, 0.05) is 11.1 Å². The Labute approximate surface area is 64.5 Å². The van der Waals surface area contributed by atoms with E-state index in [0.717, 1.165) is 23.0 Å². The zero-order chi connectivity index (χ0) is 7.68. The van der Waals surface area contributed by atoms with Crippen LogP contribution in [0.3, 0.4) is 0 Å². The second kappa shape index (κ2) is 2.34. The molecule has 2 heterocycles. The number of rotatable bonds is 1. The Balaban J connectivity index is 2.67. The van der Waals surface area contributed by atoms with Crippen LogP contribution in [-0.4, -0.2) is 15.2 Å². The van der Waals surface area contributed by atoms with Crippen molar-refractivity contribution in [1.82, 2.24) is 15.2 Å². The molecule has 2 rings (SSSR count). The molecule has 56 valence electrons. The molecule has 0 bridgehead atoms. The van der Waals surface area contributed by atoms with Crippen molar-refractivity contribution in [3.8, 4) is 0 Å². The number of fused-ring (bicyclic) bond motifs is 1. The first-order valence-corrected chi connectivity index (χ1v) is 3.68. The predicted octanol–water partition coefficient (Wildman–Crippen LogP) is 1.52. The minimum absolute atomic E-state index is 0.973. The van der Waals surface area contributed by atoms with Crippen molar-refractivity contribution in [3.63, 3.8) is 0 Å². The number of aryl methyl sites for hydroxylation is 1. The number of aromatic amines is 1. The maximum atomic E-state index is 4.23. The van der Waals surface area contributed by atoms with Crippen molar-refractivity contribution >= 4 is 10.9 Å². The van der Waals surface area contributed by atoms with Crippen molar-refractivity contribution in [3.05, 3.63) is 24.2 Å². The number of aromatic nitrogens is 3. The molecule has 0 aliphatic carbocycles. The molecule has 3 nitrogen and oxygen atoms in total. The monoisotopic (exact) mass is 147 g/mol. The molecule has 3 heteroatoms. The maximum absolute atomic E-state index is 4.23. The largest absolute Gasteiger partial charge is 0.276 e. The van der Waals surface area contributed by atoms with Gasteiger partial charge in [0.15, 0.2) is 0 Å². The van der Waals surface area contributed by atoms with Crippen LogP contribution in [0, 0.1) is 0 Å². The van der Waals surface area contributed by atoms with Gasteiger partial charge in [0.05, 0.1) is 17.9 Å². The molecule has 0 atom stereocenters. The zero-order valence-corrected chi connectivity index (χ0v) is 6.33. The summed E-state index contributed by atoms with van der Waals surface area (Å²) < 4.78 is 0. The van der Waals surface area contributed by atoms with E-state index in [1.165, 1.54) is 0 Å². The number of hydrogen-bond acceptors (Lipinski definition) is 2. The summed E-state index contributed by atoms with van der Waals surface area (Å²) in [7, 11) is 0. The fraction of sp³-hybridized carbons (Fsp3) is 0.250. The van der Waals surface area contributed by atoms with Gasteiger partial charge >= 0.3 is 0 Å². The number of pyridine rings is 1. The van der Waals surface area contributed by atoms with Crippen molar-refractivity contribution in [2.75, 3.05) is 0 Å². The van der Waals surface area contributed by atoms with Crippen molar-refractivity contribution in [2.24, 2.45) is 0 Å². The lowest BCUT2D eigenvalue weighted by atomic mass is 10.2. The molecule has 11 heavy (non-hydrogen) atoms. The van der Waals surface area contributed by atoms with E-state index >= 15 is 0 Å². The van der Waals surface area contributed by atoms with Gasteiger partial charge in [-0.15, -0.1) is 0 Å². The molecule has 1 N–H and O–H groups in total. The van der Waals surface area contributed by atoms with E-state index in [9.17, 15) is 0 Å². The van der Waals surface area contributed by atoms with Crippen LogP contribution in [0.1, 0.15) is 12.6 Å². The molecule has 0 aromatic carbocycles. The number of H-pyrrole nitrogens is 1. The number of nitrogens with one attached hydrogen (secondary N) is 1. The van der Waals surface area contributed by atoms with Crippen LogP contribution in [0.2, 0.25) is 0 Å². The first kappa shape index (κ1) is 6.34. The van der Waals surface area contributed by atoms with Crippen molar-refractivity contribution < 1.29 is 0 Å². The highest BCUT2D eigenvalue weighted by molar-refractivity contribution is 5.76. The van der Waals surface area contributed by atoms with Gasteiger partial charge in [-0.25, -0.2) is 0 Å². The van der Waals surface area contributed by atoms with Crippen molar-refractivity contribution in [1.29, 1.82) is 0 Å².